The summed E-state index contributed by atoms with van der Waals surface area (Å²) in [6.07, 6.45) is 0. The number of hydrogen-bond acceptors (Lipinski definition) is 5. The number of thiazole rings is 1. The second-order valence-electron chi connectivity index (χ2n) is 8.20. The number of halogens is 1. The van der Waals surface area contributed by atoms with Crippen molar-refractivity contribution < 1.29 is 9.21 Å². The molecule has 0 spiro atoms. The number of rotatable bonds is 4. The van der Waals surface area contributed by atoms with E-state index in [1.807, 2.05) is 54.6 Å². The van der Waals surface area contributed by atoms with Crippen LogP contribution in [-0.2, 0) is 0 Å². The smallest absolute Gasteiger partial charge is 0.344 e. The van der Waals surface area contributed by atoms with Gasteiger partial charge in [0.1, 0.15) is 10.6 Å². The van der Waals surface area contributed by atoms with Gasteiger partial charge in [0.2, 0.25) is 0 Å². The van der Waals surface area contributed by atoms with Gasteiger partial charge in [-0.2, -0.15) is 0 Å². The average Bonchev–Trinajstić information content (AvgIpc) is 3.34. The molecule has 174 valence electrons. The number of benzene rings is 4. The van der Waals surface area contributed by atoms with Crippen LogP contribution in [0.1, 0.15) is 10.4 Å². The van der Waals surface area contributed by atoms with Crippen LogP contribution in [0.5, 0.6) is 0 Å². The Morgan fingerprint density at radius 1 is 0.861 bits per heavy atom. The maximum atomic E-state index is 13.2. The number of fused-ring (bicyclic) bond motifs is 2. The molecular formula is C29H17ClN2O3S. The quantitative estimate of drug-likeness (QED) is 0.248. The Balaban J connectivity index is 1.31. The third-order valence-electron chi connectivity index (χ3n) is 5.83. The van der Waals surface area contributed by atoms with E-state index >= 15 is 0 Å². The fourth-order valence-corrected chi connectivity index (χ4v) is 5.16. The van der Waals surface area contributed by atoms with Crippen molar-refractivity contribution in [1.29, 1.82) is 0 Å². The molecule has 0 fully saturated rings. The van der Waals surface area contributed by atoms with Gasteiger partial charge < -0.3 is 9.73 Å². The Hall–Kier alpha value is -4.26. The highest BCUT2D eigenvalue weighted by Gasteiger charge is 2.14. The van der Waals surface area contributed by atoms with E-state index in [1.165, 1.54) is 0 Å². The van der Waals surface area contributed by atoms with E-state index < -0.39 is 5.63 Å². The van der Waals surface area contributed by atoms with Gasteiger partial charge in [-0.25, -0.2) is 9.78 Å². The Kier molecular flexibility index (Phi) is 5.60. The first-order chi connectivity index (χ1) is 17.5. The number of amides is 1. The highest BCUT2D eigenvalue weighted by molar-refractivity contribution is 7.21. The summed E-state index contributed by atoms with van der Waals surface area (Å²) >= 11 is 7.99. The van der Waals surface area contributed by atoms with Crippen molar-refractivity contribution >= 4 is 55.7 Å². The fraction of sp³-hybridized carbons (Fsp3) is 0. The molecular weight excluding hydrogens is 492 g/mol. The van der Waals surface area contributed by atoms with Crippen molar-refractivity contribution in [3.63, 3.8) is 0 Å². The van der Waals surface area contributed by atoms with Gasteiger partial charge in [-0.1, -0.05) is 60.1 Å². The lowest BCUT2D eigenvalue weighted by atomic mass is 10.0. The van der Waals surface area contributed by atoms with Gasteiger partial charge in [0.05, 0.1) is 26.5 Å². The molecule has 5 nitrogen and oxygen atoms in total. The topological polar surface area (TPSA) is 72.2 Å². The number of carbonyl (C=O) groups excluding carboxylic acids is 1. The first-order valence-corrected chi connectivity index (χ1v) is 12.3. The van der Waals surface area contributed by atoms with Gasteiger partial charge in [-0.05, 0) is 54.1 Å². The number of nitrogens with one attached hydrogen (secondary N) is 1. The Morgan fingerprint density at radius 2 is 1.69 bits per heavy atom. The number of hydrogen-bond donors (Lipinski definition) is 1. The summed E-state index contributed by atoms with van der Waals surface area (Å²) in [6, 6.07) is 29.3. The molecule has 6 aromatic rings. The molecule has 0 aliphatic rings. The number of carbonyl (C=O) groups is 1. The molecule has 0 radical (unpaired) electrons. The minimum Gasteiger partial charge on any atom is -0.422 e. The Labute approximate surface area is 214 Å². The first kappa shape index (κ1) is 22.2. The largest absolute Gasteiger partial charge is 0.422 e. The number of anilines is 1. The summed E-state index contributed by atoms with van der Waals surface area (Å²) in [7, 11) is 0. The minimum absolute atomic E-state index is 0.342. The average molecular weight is 509 g/mol. The number of aromatic nitrogens is 1. The van der Waals surface area contributed by atoms with Crippen molar-refractivity contribution in [3.05, 3.63) is 118 Å². The molecule has 0 aliphatic carbocycles. The van der Waals surface area contributed by atoms with Crippen LogP contribution >= 0.6 is 22.9 Å². The molecule has 0 aliphatic heterocycles. The second kappa shape index (κ2) is 9.07. The van der Waals surface area contributed by atoms with Crippen LogP contribution in [0.4, 0.5) is 5.69 Å². The summed E-state index contributed by atoms with van der Waals surface area (Å²) in [4.78, 5) is 30.4. The fourth-order valence-electron chi connectivity index (χ4n) is 4.04. The molecule has 1 amide bonds. The Bertz CT molecular complexity index is 1810. The van der Waals surface area contributed by atoms with Gasteiger partial charge >= 0.3 is 5.63 Å². The van der Waals surface area contributed by atoms with Crippen LogP contribution in [-0.4, -0.2) is 10.9 Å². The van der Waals surface area contributed by atoms with Gasteiger partial charge in [0.15, 0.2) is 0 Å². The third kappa shape index (κ3) is 4.17. The van der Waals surface area contributed by atoms with Crippen molar-refractivity contribution in [2.45, 2.75) is 0 Å². The zero-order chi connectivity index (χ0) is 24.6. The third-order valence-corrected chi connectivity index (χ3v) is 7.25. The number of nitrogens with zero attached hydrogens (tertiary/aromatic N) is 1. The molecule has 0 saturated carbocycles. The van der Waals surface area contributed by atoms with Crippen LogP contribution in [0.3, 0.4) is 0 Å². The first-order valence-electron chi connectivity index (χ1n) is 11.2. The molecule has 2 aromatic heterocycles. The van der Waals surface area contributed by atoms with E-state index in [1.54, 1.807) is 53.8 Å². The van der Waals surface area contributed by atoms with Gasteiger partial charge in [-0.3, -0.25) is 4.79 Å². The highest BCUT2D eigenvalue weighted by atomic mass is 35.5. The van der Waals surface area contributed by atoms with E-state index in [0.29, 0.717) is 33.0 Å². The molecule has 4 aromatic carbocycles. The lowest BCUT2D eigenvalue weighted by molar-refractivity contribution is 0.102. The lowest BCUT2D eigenvalue weighted by Gasteiger charge is -2.10. The van der Waals surface area contributed by atoms with Crippen molar-refractivity contribution in [2.24, 2.45) is 0 Å². The standard InChI is InChI=1S/C29H17ClN2O3S/c30-22-13-12-20(28-32-23-9-2-4-11-26(23)36-28)16-24(22)31-27(33)19-8-5-7-17(14-19)21-15-18-6-1-3-10-25(18)35-29(21)34/h1-16H,(H,31,33). The predicted molar refractivity (Wildman–Crippen MR) is 146 cm³/mol. The minimum atomic E-state index is -0.460. The summed E-state index contributed by atoms with van der Waals surface area (Å²) < 4.78 is 6.54. The normalized spacial score (nSPS) is 11.1. The molecule has 0 saturated heterocycles. The summed E-state index contributed by atoms with van der Waals surface area (Å²) in [5.41, 5.74) is 3.69. The van der Waals surface area contributed by atoms with E-state index in [0.717, 1.165) is 26.2 Å². The van der Waals surface area contributed by atoms with Gasteiger partial charge in [0, 0.05) is 16.5 Å². The molecule has 0 atom stereocenters. The van der Waals surface area contributed by atoms with E-state index in [2.05, 4.69) is 5.32 Å². The number of para-hydroxylation sites is 2. The Morgan fingerprint density at radius 3 is 2.58 bits per heavy atom. The van der Waals surface area contributed by atoms with Crippen LogP contribution in [0.15, 0.2) is 106 Å². The predicted octanol–water partition coefficient (Wildman–Crippen LogP) is 7.64. The maximum Gasteiger partial charge on any atom is 0.344 e. The monoisotopic (exact) mass is 508 g/mol. The van der Waals surface area contributed by atoms with E-state index in [-0.39, 0.29) is 5.91 Å². The van der Waals surface area contributed by atoms with Crippen LogP contribution in [0.2, 0.25) is 5.02 Å². The SMILES string of the molecule is O=C(Nc1cc(-c2nc3ccccc3s2)ccc1Cl)c1cccc(-c2cc3ccccc3oc2=O)c1. The highest BCUT2D eigenvalue weighted by Crippen LogP contribution is 2.34. The maximum absolute atomic E-state index is 13.2. The van der Waals surface area contributed by atoms with Crippen molar-refractivity contribution in [3.8, 4) is 21.7 Å². The van der Waals surface area contributed by atoms with E-state index in [4.69, 9.17) is 21.0 Å². The zero-order valence-electron chi connectivity index (χ0n) is 18.7. The molecule has 36 heavy (non-hydrogen) atoms. The van der Waals surface area contributed by atoms with Gasteiger partial charge in [0.25, 0.3) is 5.91 Å². The molecule has 6 rings (SSSR count). The molecule has 1 N–H and O–H groups in total. The molecule has 0 unspecified atom stereocenters. The van der Waals surface area contributed by atoms with Crippen LogP contribution < -0.4 is 10.9 Å². The molecule has 0 bridgehead atoms. The summed E-state index contributed by atoms with van der Waals surface area (Å²) in [6.45, 7) is 0. The van der Waals surface area contributed by atoms with E-state index in [9.17, 15) is 9.59 Å². The van der Waals surface area contributed by atoms with Gasteiger partial charge in [-0.15, -0.1) is 11.3 Å². The zero-order valence-corrected chi connectivity index (χ0v) is 20.3. The summed E-state index contributed by atoms with van der Waals surface area (Å²) in [5, 5.41) is 4.96. The van der Waals surface area contributed by atoms with Crippen LogP contribution in [0.25, 0.3) is 42.9 Å². The second-order valence-corrected chi connectivity index (χ2v) is 9.64. The van der Waals surface area contributed by atoms with Crippen LogP contribution in [0, 0.1) is 0 Å². The summed E-state index contributed by atoms with van der Waals surface area (Å²) in [5.74, 6) is -0.342. The lowest BCUT2D eigenvalue weighted by Crippen LogP contribution is -2.12. The van der Waals surface area contributed by atoms with Crippen molar-refractivity contribution in [2.75, 3.05) is 5.32 Å². The van der Waals surface area contributed by atoms with Crippen molar-refractivity contribution in [1.82, 2.24) is 4.98 Å². The molecule has 2 heterocycles. The molecule has 7 heteroatoms.